The van der Waals surface area contributed by atoms with Crippen LogP contribution in [0, 0.1) is 0 Å². The van der Waals surface area contributed by atoms with Crippen LogP contribution in [0.25, 0.3) is 0 Å². The molecule has 0 saturated carbocycles. The molecule has 0 aromatic carbocycles. The van der Waals surface area contributed by atoms with Crippen LogP contribution in [-0.2, 0) is 9.53 Å². The van der Waals surface area contributed by atoms with Gasteiger partial charge in [0.15, 0.2) is 0 Å². The average Bonchev–Trinajstić information content (AvgIpc) is 2.38. The Kier molecular flexibility index (Phi) is 6.80. The highest BCUT2D eigenvalue weighted by Crippen LogP contribution is 2.31. The van der Waals surface area contributed by atoms with Crippen LogP contribution >= 0.6 is 0 Å². The zero-order valence-electron chi connectivity index (χ0n) is 12.9. The Balaban J connectivity index is 2.41. The van der Waals surface area contributed by atoms with Crippen LogP contribution in [0.3, 0.4) is 0 Å². The van der Waals surface area contributed by atoms with Crippen LogP contribution in [0.2, 0.25) is 0 Å². The second kappa shape index (κ2) is 7.85. The molecule has 0 aromatic heterocycles. The fraction of sp³-hybridized carbons (Fsp3) is 0.933. The van der Waals surface area contributed by atoms with E-state index in [1.165, 1.54) is 0 Å². The Labute approximate surface area is 117 Å². The van der Waals surface area contributed by atoms with Gasteiger partial charge < -0.3 is 15.4 Å². The summed E-state index contributed by atoms with van der Waals surface area (Å²) in [5.41, 5.74) is -0.0243. The van der Waals surface area contributed by atoms with Crippen molar-refractivity contribution >= 4 is 5.91 Å². The van der Waals surface area contributed by atoms with E-state index in [1.54, 1.807) is 0 Å². The van der Waals surface area contributed by atoms with Crippen molar-refractivity contribution in [3.63, 3.8) is 0 Å². The second-order valence-electron chi connectivity index (χ2n) is 5.66. The van der Waals surface area contributed by atoms with E-state index in [9.17, 15) is 4.79 Å². The Hall–Kier alpha value is -0.610. The predicted octanol–water partition coefficient (Wildman–Crippen LogP) is 2.23. The summed E-state index contributed by atoms with van der Waals surface area (Å²) in [7, 11) is 0. The molecule has 1 aliphatic heterocycles. The molecule has 2 atom stereocenters. The van der Waals surface area contributed by atoms with E-state index in [2.05, 4.69) is 38.3 Å². The predicted molar refractivity (Wildman–Crippen MR) is 78.2 cm³/mol. The van der Waals surface area contributed by atoms with Crippen molar-refractivity contribution in [2.75, 3.05) is 13.2 Å². The molecule has 4 nitrogen and oxygen atoms in total. The van der Waals surface area contributed by atoms with E-state index in [0.717, 1.165) is 38.8 Å². The van der Waals surface area contributed by atoms with Gasteiger partial charge in [0.1, 0.15) is 0 Å². The Morgan fingerprint density at radius 3 is 2.63 bits per heavy atom. The number of hydrogen-bond donors (Lipinski definition) is 2. The first-order chi connectivity index (χ1) is 9.05. The molecule has 112 valence electrons. The molecule has 2 unspecified atom stereocenters. The van der Waals surface area contributed by atoms with E-state index in [4.69, 9.17) is 4.74 Å². The quantitative estimate of drug-likeness (QED) is 0.746. The zero-order chi connectivity index (χ0) is 14.3. The molecule has 0 radical (unpaired) electrons. The Bertz CT molecular complexity index is 277. The second-order valence-corrected chi connectivity index (χ2v) is 5.66. The van der Waals surface area contributed by atoms with Crippen molar-refractivity contribution in [1.29, 1.82) is 0 Å². The minimum atomic E-state index is -0.0243. The third-order valence-electron chi connectivity index (χ3n) is 4.19. The highest BCUT2D eigenvalue weighted by molar-refractivity contribution is 5.76. The van der Waals surface area contributed by atoms with E-state index >= 15 is 0 Å². The van der Waals surface area contributed by atoms with Crippen molar-refractivity contribution in [3.8, 4) is 0 Å². The summed E-state index contributed by atoms with van der Waals surface area (Å²) >= 11 is 0. The molecular weight excluding hydrogens is 240 g/mol. The summed E-state index contributed by atoms with van der Waals surface area (Å²) in [4.78, 5) is 12.0. The molecular formula is C15H30N2O2. The van der Waals surface area contributed by atoms with E-state index in [0.29, 0.717) is 6.42 Å². The summed E-state index contributed by atoms with van der Waals surface area (Å²) < 4.78 is 5.93. The van der Waals surface area contributed by atoms with Gasteiger partial charge in [-0.15, -0.1) is 0 Å². The van der Waals surface area contributed by atoms with Gasteiger partial charge in [0.05, 0.1) is 5.60 Å². The first-order valence-electron chi connectivity index (χ1n) is 7.72. The highest BCUT2D eigenvalue weighted by atomic mass is 16.5. The first-order valence-corrected chi connectivity index (χ1v) is 7.72. The van der Waals surface area contributed by atoms with Gasteiger partial charge in [0.2, 0.25) is 5.91 Å². The molecule has 0 spiro atoms. The van der Waals surface area contributed by atoms with Gasteiger partial charge in [-0.2, -0.15) is 0 Å². The molecule has 2 N–H and O–H groups in total. The summed E-state index contributed by atoms with van der Waals surface area (Å²) in [6, 6.07) is 0.516. The molecule has 1 heterocycles. The molecule has 0 aliphatic carbocycles. The SMILES string of the molecule is CCNC(C)CC(=O)NC1CCOC(CC)(CC)C1. The summed E-state index contributed by atoms with van der Waals surface area (Å²) in [5, 5.41) is 6.44. The smallest absolute Gasteiger partial charge is 0.221 e. The van der Waals surface area contributed by atoms with Crippen LogP contribution < -0.4 is 10.6 Å². The van der Waals surface area contributed by atoms with Gasteiger partial charge in [0.25, 0.3) is 0 Å². The lowest BCUT2D eigenvalue weighted by Crippen LogP contribution is -2.48. The lowest BCUT2D eigenvalue weighted by Gasteiger charge is -2.40. The van der Waals surface area contributed by atoms with Crippen LogP contribution in [0.1, 0.15) is 59.8 Å². The number of nitrogens with one attached hydrogen (secondary N) is 2. The Morgan fingerprint density at radius 2 is 2.05 bits per heavy atom. The zero-order valence-corrected chi connectivity index (χ0v) is 12.9. The van der Waals surface area contributed by atoms with E-state index in [1.807, 2.05) is 0 Å². The number of rotatable bonds is 7. The molecule has 0 aromatic rings. The number of hydrogen-bond acceptors (Lipinski definition) is 3. The number of carbonyl (C=O) groups excluding carboxylic acids is 1. The maximum atomic E-state index is 12.0. The topological polar surface area (TPSA) is 50.4 Å². The van der Waals surface area contributed by atoms with Crippen LogP contribution in [0.5, 0.6) is 0 Å². The molecule has 1 fully saturated rings. The van der Waals surface area contributed by atoms with Crippen molar-refractivity contribution in [3.05, 3.63) is 0 Å². The van der Waals surface area contributed by atoms with Crippen LogP contribution in [-0.4, -0.2) is 36.7 Å². The molecule has 1 rings (SSSR count). The van der Waals surface area contributed by atoms with Crippen molar-refractivity contribution in [2.45, 2.75) is 77.5 Å². The van der Waals surface area contributed by atoms with Crippen molar-refractivity contribution in [1.82, 2.24) is 10.6 Å². The largest absolute Gasteiger partial charge is 0.375 e. The van der Waals surface area contributed by atoms with Gasteiger partial charge in [0, 0.05) is 25.1 Å². The lowest BCUT2D eigenvalue weighted by atomic mass is 9.86. The molecule has 19 heavy (non-hydrogen) atoms. The number of carbonyl (C=O) groups is 1. The van der Waals surface area contributed by atoms with Crippen molar-refractivity contribution in [2.24, 2.45) is 0 Å². The third kappa shape index (κ3) is 5.11. The summed E-state index contributed by atoms with van der Waals surface area (Å²) in [6.45, 7) is 10.1. The van der Waals surface area contributed by atoms with Crippen LogP contribution in [0.4, 0.5) is 0 Å². The van der Waals surface area contributed by atoms with E-state index in [-0.39, 0.29) is 23.6 Å². The molecule has 1 aliphatic rings. The number of amides is 1. The number of ether oxygens (including phenoxy) is 1. The fourth-order valence-corrected chi connectivity index (χ4v) is 2.88. The van der Waals surface area contributed by atoms with E-state index < -0.39 is 0 Å². The van der Waals surface area contributed by atoms with Gasteiger partial charge in [-0.3, -0.25) is 4.79 Å². The standard InChI is InChI=1S/C15H30N2O2/c1-5-15(6-2)11-13(8-9-19-15)17-14(18)10-12(4)16-7-3/h12-13,16H,5-11H2,1-4H3,(H,17,18). The first kappa shape index (κ1) is 16.4. The average molecular weight is 270 g/mol. The fourth-order valence-electron chi connectivity index (χ4n) is 2.88. The monoisotopic (exact) mass is 270 g/mol. The summed E-state index contributed by atoms with van der Waals surface area (Å²) in [5.74, 6) is 0.154. The van der Waals surface area contributed by atoms with Gasteiger partial charge in [-0.25, -0.2) is 0 Å². The lowest BCUT2D eigenvalue weighted by molar-refractivity contribution is -0.126. The minimum absolute atomic E-state index is 0.0243. The minimum Gasteiger partial charge on any atom is -0.375 e. The van der Waals surface area contributed by atoms with Crippen molar-refractivity contribution < 1.29 is 9.53 Å². The highest BCUT2D eigenvalue weighted by Gasteiger charge is 2.34. The molecule has 0 bridgehead atoms. The normalized spacial score (nSPS) is 23.9. The summed E-state index contributed by atoms with van der Waals surface area (Å²) in [6.07, 6.45) is 4.47. The van der Waals surface area contributed by atoms with Gasteiger partial charge >= 0.3 is 0 Å². The van der Waals surface area contributed by atoms with Gasteiger partial charge in [-0.1, -0.05) is 20.8 Å². The third-order valence-corrected chi connectivity index (χ3v) is 4.19. The molecule has 1 saturated heterocycles. The maximum Gasteiger partial charge on any atom is 0.221 e. The Morgan fingerprint density at radius 1 is 1.37 bits per heavy atom. The maximum absolute atomic E-state index is 12.0. The molecule has 1 amide bonds. The van der Waals surface area contributed by atoms with Crippen LogP contribution in [0.15, 0.2) is 0 Å². The van der Waals surface area contributed by atoms with Gasteiger partial charge in [-0.05, 0) is 39.2 Å². The molecule has 4 heteroatoms.